The summed E-state index contributed by atoms with van der Waals surface area (Å²) in [7, 11) is 0. The number of amides is 1. The molecule has 1 aromatic rings. The summed E-state index contributed by atoms with van der Waals surface area (Å²) in [5, 5.41) is 22.8. The Kier molecular flexibility index (Phi) is 3.48. The van der Waals surface area contributed by atoms with Gasteiger partial charge < -0.3 is 15.5 Å². The van der Waals surface area contributed by atoms with Crippen LogP contribution in [0.4, 0.5) is 0 Å². The van der Waals surface area contributed by atoms with Crippen LogP contribution in [0.2, 0.25) is 0 Å². The van der Waals surface area contributed by atoms with Crippen LogP contribution in [0.15, 0.2) is 6.20 Å². The molecule has 0 aliphatic carbocycles. The van der Waals surface area contributed by atoms with Crippen molar-refractivity contribution in [3.63, 3.8) is 0 Å². The van der Waals surface area contributed by atoms with Crippen molar-refractivity contribution in [3.05, 3.63) is 11.1 Å². The first-order valence-corrected chi connectivity index (χ1v) is 4.35. The molecule has 7 nitrogen and oxygen atoms in total. The number of carboxylic acids is 1. The topological polar surface area (TPSA) is 112 Å². The summed E-state index contributed by atoms with van der Waals surface area (Å²) < 4.78 is 3.46. The van der Waals surface area contributed by atoms with Crippen LogP contribution in [0.1, 0.15) is 9.67 Å². The van der Waals surface area contributed by atoms with Crippen molar-refractivity contribution in [3.8, 4) is 0 Å². The maximum Gasteiger partial charge on any atom is 0.334 e. The number of carboxylic acid groups (broad SMARTS) is 1. The van der Waals surface area contributed by atoms with E-state index in [0.29, 0.717) is 0 Å². The van der Waals surface area contributed by atoms with Crippen LogP contribution >= 0.6 is 11.5 Å². The number of hydrogen-bond acceptors (Lipinski definition) is 6. The molecule has 0 saturated heterocycles. The van der Waals surface area contributed by atoms with E-state index < -0.39 is 18.0 Å². The van der Waals surface area contributed by atoms with Crippen molar-refractivity contribution < 1.29 is 19.8 Å². The van der Waals surface area contributed by atoms with Gasteiger partial charge in [0.25, 0.3) is 5.91 Å². The number of aliphatic hydroxyl groups excluding tert-OH is 1. The number of nitrogens with one attached hydrogen (secondary N) is 1. The summed E-state index contributed by atoms with van der Waals surface area (Å²) in [6.07, 6.45) is -0.340. The van der Waals surface area contributed by atoms with E-state index in [-0.39, 0.29) is 11.4 Å². The van der Waals surface area contributed by atoms with E-state index in [1.54, 1.807) is 0 Å². The molecule has 1 rings (SSSR count). The molecule has 3 N–H and O–H groups in total. The maximum atomic E-state index is 11.1. The lowest BCUT2D eigenvalue weighted by molar-refractivity contribution is -0.146. The van der Waals surface area contributed by atoms with Crippen LogP contribution in [0, 0.1) is 0 Å². The van der Waals surface area contributed by atoms with Gasteiger partial charge in [0.05, 0.1) is 12.7 Å². The molecule has 0 fully saturated rings. The third kappa shape index (κ3) is 2.75. The molecular formula is C6H7N3O4S. The van der Waals surface area contributed by atoms with Gasteiger partial charge in [-0.15, -0.1) is 5.10 Å². The zero-order chi connectivity index (χ0) is 10.6. The number of aromatic nitrogens is 2. The molecule has 1 atom stereocenters. The zero-order valence-corrected chi connectivity index (χ0v) is 7.69. The van der Waals surface area contributed by atoms with Gasteiger partial charge in [-0.1, -0.05) is 4.49 Å². The lowest BCUT2D eigenvalue weighted by Gasteiger charge is -2.05. The predicted octanol–water partition coefficient (Wildman–Crippen LogP) is -1.29. The van der Waals surface area contributed by atoms with Gasteiger partial charge in [0.15, 0.2) is 6.10 Å². The Morgan fingerprint density at radius 2 is 2.36 bits per heavy atom. The molecule has 0 aliphatic heterocycles. The van der Waals surface area contributed by atoms with Crippen molar-refractivity contribution in [1.82, 2.24) is 14.9 Å². The van der Waals surface area contributed by atoms with Crippen molar-refractivity contribution in [2.75, 3.05) is 6.54 Å². The average Bonchev–Trinajstić information content (AvgIpc) is 2.66. The fourth-order valence-corrected chi connectivity index (χ4v) is 1.06. The van der Waals surface area contributed by atoms with Crippen molar-refractivity contribution in [2.45, 2.75) is 6.10 Å². The lowest BCUT2D eigenvalue weighted by Crippen LogP contribution is -2.36. The normalized spacial score (nSPS) is 12.1. The Hall–Kier alpha value is -1.54. The molecule has 76 valence electrons. The van der Waals surface area contributed by atoms with Crippen LogP contribution in [-0.4, -0.2) is 44.3 Å². The van der Waals surface area contributed by atoms with Crippen molar-refractivity contribution >= 4 is 23.4 Å². The SMILES string of the molecule is O=C(NC[C@H](O)C(=O)O)c1cnns1. The first-order valence-electron chi connectivity index (χ1n) is 3.57. The van der Waals surface area contributed by atoms with Crippen molar-refractivity contribution in [1.29, 1.82) is 0 Å². The largest absolute Gasteiger partial charge is 0.479 e. The Morgan fingerprint density at radius 1 is 1.64 bits per heavy atom. The van der Waals surface area contributed by atoms with E-state index in [0.717, 1.165) is 11.5 Å². The maximum absolute atomic E-state index is 11.1. The van der Waals surface area contributed by atoms with E-state index in [2.05, 4.69) is 14.9 Å². The molecule has 14 heavy (non-hydrogen) atoms. The van der Waals surface area contributed by atoms with Gasteiger partial charge in [-0.05, 0) is 11.5 Å². The van der Waals surface area contributed by atoms with Gasteiger partial charge in [0, 0.05) is 0 Å². The third-order valence-corrected chi connectivity index (χ3v) is 1.99. The van der Waals surface area contributed by atoms with Gasteiger partial charge in [-0.25, -0.2) is 4.79 Å². The Morgan fingerprint density at radius 3 is 2.86 bits per heavy atom. The van der Waals surface area contributed by atoms with E-state index in [9.17, 15) is 9.59 Å². The second kappa shape index (κ2) is 4.63. The number of aliphatic hydroxyl groups is 1. The van der Waals surface area contributed by atoms with Crippen LogP contribution in [0.3, 0.4) is 0 Å². The monoisotopic (exact) mass is 217 g/mol. The molecule has 1 amide bonds. The number of rotatable bonds is 4. The molecule has 0 aromatic carbocycles. The first-order chi connectivity index (χ1) is 6.61. The minimum atomic E-state index is -1.60. The summed E-state index contributed by atoms with van der Waals surface area (Å²) in [5.41, 5.74) is 0. The van der Waals surface area contributed by atoms with Crippen LogP contribution in [0.5, 0.6) is 0 Å². The second-order valence-corrected chi connectivity index (χ2v) is 3.13. The number of nitrogens with zero attached hydrogens (tertiary/aromatic N) is 2. The number of carbonyl (C=O) groups excluding carboxylic acids is 1. The zero-order valence-electron chi connectivity index (χ0n) is 6.88. The summed E-state index contributed by atoms with van der Waals surface area (Å²) in [6.45, 7) is -0.341. The van der Waals surface area contributed by atoms with E-state index >= 15 is 0 Å². The van der Waals surface area contributed by atoms with Gasteiger partial charge in [-0.2, -0.15) is 0 Å². The summed E-state index contributed by atoms with van der Waals surface area (Å²) in [5.74, 6) is -1.88. The average molecular weight is 217 g/mol. The quantitative estimate of drug-likeness (QED) is 0.578. The van der Waals surface area contributed by atoms with Gasteiger partial charge in [-0.3, -0.25) is 4.79 Å². The highest BCUT2D eigenvalue weighted by Gasteiger charge is 2.15. The van der Waals surface area contributed by atoms with E-state index in [1.807, 2.05) is 0 Å². The van der Waals surface area contributed by atoms with Crippen LogP contribution in [-0.2, 0) is 4.79 Å². The fraction of sp³-hybridized carbons (Fsp3) is 0.333. The minimum Gasteiger partial charge on any atom is -0.479 e. The molecule has 0 radical (unpaired) electrons. The highest BCUT2D eigenvalue weighted by molar-refractivity contribution is 7.07. The highest BCUT2D eigenvalue weighted by atomic mass is 32.1. The standard InChI is InChI=1S/C6H7N3O4S/c10-3(6(12)13)1-7-5(11)4-2-8-9-14-4/h2-3,10H,1H2,(H,7,11)(H,12,13)/t3-/m0/s1. The number of aliphatic carboxylic acids is 1. The summed E-state index contributed by atoms with van der Waals surface area (Å²) in [4.78, 5) is 21.6. The molecule has 1 heterocycles. The Bertz CT molecular complexity index is 326. The highest BCUT2D eigenvalue weighted by Crippen LogP contribution is 2.00. The first kappa shape index (κ1) is 10.5. The molecule has 8 heteroatoms. The second-order valence-electron chi connectivity index (χ2n) is 2.35. The fourth-order valence-electron chi connectivity index (χ4n) is 0.631. The van der Waals surface area contributed by atoms with Gasteiger partial charge >= 0.3 is 5.97 Å². The predicted molar refractivity (Wildman–Crippen MR) is 45.9 cm³/mol. The molecule has 0 spiro atoms. The number of carbonyl (C=O) groups is 2. The summed E-state index contributed by atoms with van der Waals surface area (Å²) in [6, 6.07) is 0. The lowest BCUT2D eigenvalue weighted by atomic mass is 10.3. The molecule has 0 bridgehead atoms. The Labute approximate surface area is 82.5 Å². The molecule has 0 saturated carbocycles. The Balaban J connectivity index is 2.40. The molecular weight excluding hydrogens is 210 g/mol. The third-order valence-electron chi connectivity index (χ3n) is 1.33. The van der Waals surface area contributed by atoms with Crippen molar-refractivity contribution in [2.24, 2.45) is 0 Å². The van der Waals surface area contributed by atoms with Crippen LogP contribution in [0.25, 0.3) is 0 Å². The molecule has 0 unspecified atom stereocenters. The van der Waals surface area contributed by atoms with E-state index in [1.165, 1.54) is 6.20 Å². The molecule has 0 aliphatic rings. The van der Waals surface area contributed by atoms with Gasteiger partial charge in [0.1, 0.15) is 4.88 Å². The molecule has 1 aromatic heterocycles. The smallest absolute Gasteiger partial charge is 0.334 e. The van der Waals surface area contributed by atoms with Gasteiger partial charge in [0.2, 0.25) is 0 Å². The summed E-state index contributed by atoms with van der Waals surface area (Å²) >= 11 is 0.889. The number of hydrogen-bond donors (Lipinski definition) is 3. The minimum absolute atomic E-state index is 0.266. The van der Waals surface area contributed by atoms with E-state index in [4.69, 9.17) is 10.2 Å². The van der Waals surface area contributed by atoms with Crippen LogP contribution < -0.4 is 5.32 Å².